The minimum Gasteiger partial charge on any atom is -0.349 e. The first-order valence-corrected chi connectivity index (χ1v) is 7.09. The summed E-state index contributed by atoms with van der Waals surface area (Å²) in [7, 11) is 0. The molecule has 3 nitrogen and oxygen atoms in total. The van der Waals surface area contributed by atoms with E-state index in [4.69, 9.17) is 0 Å². The summed E-state index contributed by atoms with van der Waals surface area (Å²) >= 11 is 2.25. The number of pyridine rings is 1. The van der Waals surface area contributed by atoms with Gasteiger partial charge in [0, 0.05) is 20.7 Å². The smallest absolute Gasteiger partial charge is 0.252 e. The van der Waals surface area contributed by atoms with Crippen LogP contribution in [0.5, 0.6) is 0 Å². The van der Waals surface area contributed by atoms with Crippen molar-refractivity contribution in [1.82, 2.24) is 10.3 Å². The fourth-order valence-electron chi connectivity index (χ4n) is 2.01. The predicted molar refractivity (Wildman–Crippen MR) is 79.7 cm³/mol. The molecule has 0 unspecified atom stereocenters. The maximum atomic E-state index is 12.2. The molecule has 1 aromatic heterocycles. The van der Waals surface area contributed by atoms with Crippen molar-refractivity contribution in [2.75, 3.05) is 0 Å². The highest BCUT2D eigenvalue weighted by molar-refractivity contribution is 14.1. The molecule has 1 saturated carbocycles. The lowest BCUT2D eigenvalue weighted by Gasteiger charge is -2.08. The molecule has 0 saturated heterocycles. The molecule has 18 heavy (non-hydrogen) atoms. The third-order valence-corrected chi connectivity index (χ3v) is 3.73. The predicted octanol–water partition coefficient (Wildman–Crippen LogP) is 3.04. The van der Waals surface area contributed by atoms with E-state index in [1.54, 1.807) is 0 Å². The summed E-state index contributed by atoms with van der Waals surface area (Å²) < 4.78 is 1.12. The number of halogens is 1. The highest BCUT2D eigenvalue weighted by atomic mass is 127. The Bertz CT molecular complexity index is 635. The van der Waals surface area contributed by atoms with Gasteiger partial charge in [0.2, 0.25) is 0 Å². The second-order valence-electron chi connectivity index (χ2n) is 4.72. The van der Waals surface area contributed by atoms with Crippen LogP contribution in [0.1, 0.15) is 28.9 Å². The van der Waals surface area contributed by atoms with E-state index in [0.29, 0.717) is 6.04 Å². The van der Waals surface area contributed by atoms with E-state index in [9.17, 15) is 4.79 Å². The fraction of sp³-hybridized carbons (Fsp3) is 0.286. The molecule has 0 atom stereocenters. The summed E-state index contributed by atoms with van der Waals surface area (Å²) in [5.41, 5.74) is 2.50. The summed E-state index contributed by atoms with van der Waals surface area (Å²) in [4.78, 5) is 16.7. The molecule has 0 aliphatic heterocycles. The van der Waals surface area contributed by atoms with Gasteiger partial charge in [0.25, 0.3) is 5.91 Å². The van der Waals surface area contributed by atoms with Gasteiger partial charge in [-0.15, -0.1) is 0 Å². The Kier molecular flexibility index (Phi) is 2.97. The van der Waals surface area contributed by atoms with Crippen molar-refractivity contribution in [1.29, 1.82) is 0 Å². The van der Waals surface area contributed by atoms with Crippen LogP contribution in [0.15, 0.2) is 24.3 Å². The van der Waals surface area contributed by atoms with Crippen LogP contribution in [0.25, 0.3) is 10.9 Å². The zero-order valence-corrected chi connectivity index (χ0v) is 12.2. The maximum absolute atomic E-state index is 12.2. The van der Waals surface area contributed by atoms with Crippen molar-refractivity contribution >= 4 is 39.4 Å². The standard InChI is InChI=1S/C14H13IN2O/c1-8-6-12(14(18)17-10-3-4-10)11-7-9(15)2-5-13(11)16-8/h2,5-7,10H,3-4H2,1H3,(H,17,18). The van der Waals surface area contributed by atoms with Gasteiger partial charge in [0.1, 0.15) is 0 Å². The highest BCUT2D eigenvalue weighted by Gasteiger charge is 2.24. The number of rotatable bonds is 2. The van der Waals surface area contributed by atoms with Crippen LogP contribution >= 0.6 is 22.6 Å². The maximum Gasteiger partial charge on any atom is 0.252 e. The monoisotopic (exact) mass is 352 g/mol. The average Bonchev–Trinajstić information content (AvgIpc) is 3.12. The molecule has 2 aromatic rings. The molecule has 3 rings (SSSR count). The number of hydrogen-bond acceptors (Lipinski definition) is 2. The lowest BCUT2D eigenvalue weighted by molar-refractivity contribution is 0.0952. The normalized spacial score (nSPS) is 14.8. The molecule has 0 spiro atoms. The van der Waals surface area contributed by atoms with Crippen LogP contribution in [-0.2, 0) is 0 Å². The molecular formula is C14H13IN2O. The van der Waals surface area contributed by atoms with Gasteiger partial charge in [-0.25, -0.2) is 0 Å². The zero-order chi connectivity index (χ0) is 12.7. The second-order valence-corrected chi connectivity index (χ2v) is 5.97. The molecule has 1 fully saturated rings. The number of aryl methyl sites for hydroxylation is 1. The van der Waals surface area contributed by atoms with Gasteiger partial charge >= 0.3 is 0 Å². The SMILES string of the molecule is Cc1cc(C(=O)NC2CC2)c2cc(I)ccc2n1. The Balaban J connectivity index is 2.12. The third kappa shape index (κ3) is 2.34. The minimum absolute atomic E-state index is 0.0231. The number of carbonyl (C=O) groups excluding carboxylic acids is 1. The Hall–Kier alpha value is -1.17. The molecule has 1 amide bonds. The number of amides is 1. The third-order valence-electron chi connectivity index (χ3n) is 3.06. The molecule has 1 aliphatic rings. The summed E-state index contributed by atoms with van der Waals surface area (Å²) in [5, 5.41) is 3.98. The van der Waals surface area contributed by atoms with E-state index in [-0.39, 0.29) is 5.91 Å². The van der Waals surface area contributed by atoms with E-state index >= 15 is 0 Å². The largest absolute Gasteiger partial charge is 0.349 e. The van der Waals surface area contributed by atoms with Crippen LogP contribution in [0.3, 0.4) is 0 Å². The number of nitrogens with zero attached hydrogens (tertiary/aromatic N) is 1. The lowest BCUT2D eigenvalue weighted by Crippen LogP contribution is -2.25. The first-order valence-electron chi connectivity index (χ1n) is 6.01. The lowest BCUT2D eigenvalue weighted by atomic mass is 10.1. The van der Waals surface area contributed by atoms with Crippen molar-refractivity contribution in [2.45, 2.75) is 25.8 Å². The second kappa shape index (κ2) is 4.50. The van der Waals surface area contributed by atoms with E-state index in [0.717, 1.165) is 38.6 Å². The van der Waals surface area contributed by atoms with Crippen LogP contribution < -0.4 is 5.32 Å². The van der Waals surface area contributed by atoms with Crippen molar-refractivity contribution in [3.05, 3.63) is 39.1 Å². The zero-order valence-electron chi connectivity index (χ0n) is 10.0. The van der Waals surface area contributed by atoms with Crippen molar-refractivity contribution in [3.8, 4) is 0 Å². The molecule has 92 valence electrons. The van der Waals surface area contributed by atoms with Gasteiger partial charge in [0.05, 0.1) is 11.1 Å². The van der Waals surface area contributed by atoms with E-state index in [1.807, 2.05) is 31.2 Å². The molecular weight excluding hydrogens is 339 g/mol. The summed E-state index contributed by atoms with van der Waals surface area (Å²) in [6.45, 7) is 1.92. The van der Waals surface area contributed by atoms with Gasteiger partial charge in [-0.1, -0.05) is 0 Å². The van der Waals surface area contributed by atoms with Crippen molar-refractivity contribution in [2.24, 2.45) is 0 Å². The van der Waals surface area contributed by atoms with Gasteiger partial charge in [0.15, 0.2) is 0 Å². The fourth-order valence-corrected chi connectivity index (χ4v) is 2.50. The Labute approximate surface area is 119 Å². The van der Waals surface area contributed by atoms with Crippen LogP contribution in [0.4, 0.5) is 0 Å². The molecule has 1 heterocycles. The van der Waals surface area contributed by atoms with Gasteiger partial charge in [-0.2, -0.15) is 0 Å². The van der Waals surface area contributed by atoms with Crippen molar-refractivity contribution in [3.63, 3.8) is 0 Å². The number of fused-ring (bicyclic) bond motifs is 1. The van der Waals surface area contributed by atoms with E-state index in [1.165, 1.54) is 0 Å². The Morgan fingerprint density at radius 2 is 2.17 bits per heavy atom. The molecule has 1 N–H and O–H groups in total. The van der Waals surface area contributed by atoms with Crippen LogP contribution in [0, 0.1) is 10.5 Å². The minimum atomic E-state index is 0.0231. The number of hydrogen-bond donors (Lipinski definition) is 1. The van der Waals surface area contributed by atoms with Crippen LogP contribution in [-0.4, -0.2) is 16.9 Å². The summed E-state index contributed by atoms with van der Waals surface area (Å²) in [5.74, 6) is 0.0231. The first kappa shape index (κ1) is 11.9. The molecule has 0 bridgehead atoms. The molecule has 0 radical (unpaired) electrons. The number of aromatic nitrogens is 1. The first-order chi connectivity index (χ1) is 8.63. The van der Waals surface area contributed by atoms with Crippen molar-refractivity contribution < 1.29 is 4.79 Å². The summed E-state index contributed by atoms with van der Waals surface area (Å²) in [6, 6.07) is 8.25. The highest BCUT2D eigenvalue weighted by Crippen LogP contribution is 2.23. The number of benzene rings is 1. The van der Waals surface area contributed by atoms with Gasteiger partial charge in [-0.3, -0.25) is 9.78 Å². The molecule has 4 heteroatoms. The number of carbonyl (C=O) groups is 1. The quantitative estimate of drug-likeness (QED) is 0.845. The summed E-state index contributed by atoms with van der Waals surface area (Å²) in [6.07, 6.45) is 2.20. The topological polar surface area (TPSA) is 42.0 Å². The van der Waals surface area contributed by atoms with Gasteiger partial charge < -0.3 is 5.32 Å². The Morgan fingerprint density at radius 1 is 1.39 bits per heavy atom. The van der Waals surface area contributed by atoms with Gasteiger partial charge in [-0.05, 0) is 66.6 Å². The molecule has 1 aliphatic carbocycles. The van der Waals surface area contributed by atoms with E-state index < -0.39 is 0 Å². The van der Waals surface area contributed by atoms with E-state index in [2.05, 4.69) is 32.9 Å². The van der Waals surface area contributed by atoms with Crippen LogP contribution in [0.2, 0.25) is 0 Å². The Morgan fingerprint density at radius 3 is 2.89 bits per heavy atom. The number of nitrogens with one attached hydrogen (secondary N) is 1. The molecule has 1 aromatic carbocycles. The average molecular weight is 352 g/mol.